The van der Waals surface area contributed by atoms with Crippen molar-refractivity contribution in [2.45, 2.75) is 45.6 Å². The highest BCUT2D eigenvalue weighted by Crippen LogP contribution is 2.18. The molecule has 0 saturated carbocycles. The molecule has 4 heteroatoms. The van der Waals surface area contributed by atoms with Crippen LogP contribution in [0.25, 0.3) is 0 Å². The minimum absolute atomic E-state index is 0.169. The second-order valence-electron chi connectivity index (χ2n) is 3.75. The molecule has 80 valence electrons. The number of urea groups is 1. The number of imide groups is 1. The van der Waals surface area contributed by atoms with Gasteiger partial charge in [0.05, 0.1) is 0 Å². The van der Waals surface area contributed by atoms with Gasteiger partial charge < -0.3 is 5.32 Å². The predicted molar refractivity (Wildman–Crippen MR) is 53.8 cm³/mol. The fourth-order valence-electron chi connectivity index (χ4n) is 1.84. The molecular formula is C10H18N2O2. The lowest BCUT2D eigenvalue weighted by Crippen LogP contribution is -2.36. The molecule has 0 radical (unpaired) electrons. The Morgan fingerprint density at radius 2 is 2.07 bits per heavy atom. The minimum Gasteiger partial charge on any atom is -0.326 e. The number of unbranched alkanes of at least 4 members (excludes halogenated alkanes) is 1. The van der Waals surface area contributed by atoms with E-state index in [4.69, 9.17) is 0 Å². The monoisotopic (exact) mass is 198 g/mol. The first-order valence-electron chi connectivity index (χ1n) is 5.30. The molecule has 14 heavy (non-hydrogen) atoms. The van der Waals surface area contributed by atoms with E-state index in [2.05, 4.69) is 24.5 Å². The van der Waals surface area contributed by atoms with Crippen LogP contribution in [0.3, 0.4) is 0 Å². The van der Waals surface area contributed by atoms with Crippen LogP contribution in [-0.4, -0.2) is 18.0 Å². The normalized spacial score (nSPS) is 23.1. The lowest BCUT2D eigenvalue weighted by Gasteiger charge is -2.19. The van der Waals surface area contributed by atoms with Gasteiger partial charge in [0.25, 0.3) is 5.91 Å². The van der Waals surface area contributed by atoms with Crippen LogP contribution in [0.2, 0.25) is 0 Å². The lowest BCUT2D eigenvalue weighted by molar-refractivity contribution is -0.121. The van der Waals surface area contributed by atoms with Crippen LogP contribution in [0.15, 0.2) is 0 Å². The van der Waals surface area contributed by atoms with Crippen LogP contribution in [0.4, 0.5) is 4.79 Å². The van der Waals surface area contributed by atoms with E-state index in [0.29, 0.717) is 0 Å². The Morgan fingerprint density at radius 1 is 1.36 bits per heavy atom. The van der Waals surface area contributed by atoms with Crippen molar-refractivity contribution < 1.29 is 9.59 Å². The first kappa shape index (κ1) is 11.0. The van der Waals surface area contributed by atoms with Gasteiger partial charge in [0.1, 0.15) is 6.04 Å². The highest BCUT2D eigenvalue weighted by Gasteiger charge is 2.34. The van der Waals surface area contributed by atoms with Crippen molar-refractivity contribution in [3.05, 3.63) is 0 Å². The van der Waals surface area contributed by atoms with Crippen LogP contribution < -0.4 is 10.6 Å². The average Bonchev–Trinajstić information content (AvgIpc) is 2.47. The largest absolute Gasteiger partial charge is 0.326 e. The summed E-state index contributed by atoms with van der Waals surface area (Å²) in [6, 6.07) is -0.658. The zero-order chi connectivity index (χ0) is 10.6. The Balaban J connectivity index is 2.51. The quantitative estimate of drug-likeness (QED) is 0.656. The molecule has 0 unspecified atom stereocenters. The molecular weight excluding hydrogens is 180 g/mol. The van der Waals surface area contributed by atoms with Crippen LogP contribution in [-0.2, 0) is 4.79 Å². The van der Waals surface area contributed by atoms with Crippen molar-refractivity contribution in [3.8, 4) is 0 Å². The smallest absolute Gasteiger partial charge is 0.322 e. The summed E-state index contributed by atoms with van der Waals surface area (Å²) >= 11 is 0. The number of carbonyl (C=O) groups is 2. The Labute approximate surface area is 84.4 Å². The number of nitrogens with one attached hydrogen (secondary N) is 2. The molecule has 0 aliphatic carbocycles. The highest BCUT2D eigenvalue weighted by atomic mass is 16.2. The zero-order valence-electron chi connectivity index (χ0n) is 8.80. The van der Waals surface area contributed by atoms with E-state index < -0.39 is 0 Å². The molecule has 4 nitrogen and oxygen atoms in total. The van der Waals surface area contributed by atoms with Crippen molar-refractivity contribution in [1.82, 2.24) is 10.6 Å². The standard InChI is InChI=1S/C10H18N2O2/c1-3-5-6-7(4-2)8-9(13)12-10(14)11-8/h7-8H,3-6H2,1-2H3,(H2,11,12,13,14)/t7-,8+/m1/s1. The Morgan fingerprint density at radius 3 is 2.50 bits per heavy atom. The maximum atomic E-state index is 11.4. The van der Waals surface area contributed by atoms with E-state index in [-0.39, 0.29) is 23.9 Å². The van der Waals surface area contributed by atoms with Gasteiger partial charge in [-0.2, -0.15) is 0 Å². The van der Waals surface area contributed by atoms with Crippen molar-refractivity contribution in [2.75, 3.05) is 0 Å². The van der Waals surface area contributed by atoms with E-state index >= 15 is 0 Å². The Kier molecular flexibility index (Phi) is 3.92. The lowest BCUT2D eigenvalue weighted by atomic mass is 9.91. The van der Waals surface area contributed by atoms with E-state index in [1.165, 1.54) is 0 Å². The van der Waals surface area contributed by atoms with Crippen molar-refractivity contribution in [1.29, 1.82) is 0 Å². The molecule has 1 aliphatic rings. The highest BCUT2D eigenvalue weighted by molar-refractivity contribution is 6.04. The molecule has 0 bridgehead atoms. The van der Waals surface area contributed by atoms with E-state index in [9.17, 15) is 9.59 Å². The maximum Gasteiger partial charge on any atom is 0.322 e. The second-order valence-corrected chi connectivity index (χ2v) is 3.75. The fraction of sp³-hybridized carbons (Fsp3) is 0.800. The first-order valence-corrected chi connectivity index (χ1v) is 5.30. The summed E-state index contributed by atoms with van der Waals surface area (Å²) in [6.45, 7) is 4.18. The van der Waals surface area contributed by atoms with E-state index in [1.54, 1.807) is 0 Å². The number of hydrogen-bond acceptors (Lipinski definition) is 2. The van der Waals surface area contributed by atoms with Gasteiger partial charge in [-0.1, -0.05) is 33.1 Å². The summed E-state index contributed by atoms with van der Waals surface area (Å²) in [6.07, 6.45) is 4.17. The van der Waals surface area contributed by atoms with Gasteiger partial charge in [0.15, 0.2) is 0 Å². The third kappa shape index (κ3) is 2.47. The summed E-state index contributed by atoms with van der Waals surface area (Å²) in [7, 11) is 0. The molecule has 0 aromatic carbocycles. The third-order valence-corrected chi connectivity index (χ3v) is 2.73. The van der Waals surface area contributed by atoms with Gasteiger partial charge in [-0.05, 0) is 12.3 Å². The molecule has 0 aromatic rings. The number of rotatable bonds is 5. The van der Waals surface area contributed by atoms with Crippen LogP contribution in [0.5, 0.6) is 0 Å². The summed E-state index contributed by atoms with van der Waals surface area (Å²) in [5, 5.41) is 4.93. The van der Waals surface area contributed by atoms with Crippen LogP contribution in [0, 0.1) is 5.92 Å². The summed E-state index contributed by atoms with van der Waals surface area (Å²) < 4.78 is 0. The third-order valence-electron chi connectivity index (χ3n) is 2.73. The van der Waals surface area contributed by atoms with E-state index in [0.717, 1.165) is 25.7 Å². The first-order chi connectivity index (χ1) is 6.69. The Bertz CT molecular complexity index is 228. The average molecular weight is 198 g/mol. The molecule has 1 saturated heterocycles. The van der Waals surface area contributed by atoms with Crippen molar-refractivity contribution in [2.24, 2.45) is 5.92 Å². The fourth-order valence-corrected chi connectivity index (χ4v) is 1.84. The molecule has 0 aromatic heterocycles. The number of amides is 3. The minimum atomic E-state index is -0.352. The molecule has 3 amide bonds. The van der Waals surface area contributed by atoms with Gasteiger partial charge >= 0.3 is 6.03 Å². The molecule has 2 atom stereocenters. The van der Waals surface area contributed by atoms with Crippen LogP contribution >= 0.6 is 0 Å². The van der Waals surface area contributed by atoms with E-state index in [1.807, 2.05) is 0 Å². The molecule has 0 spiro atoms. The zero-order valence-corrected chi connectivity index (χ0v) is 8.80. The van der Waals surface area contributed by atoms with Gasteiger partial charge in [-0.25, -0.2) is 4.79 Å². The summed E-state index contributed by atoms with van der Waals surface area (Å²) in [4.78, 5) is 22.3. The Hall–Kier alpha value is -1.06. The summed E-state index contributed by atoms with van der Waals surface area (Å²) in [5.74, 6) is 0.111. The molecule has 1 rings (SSSR count). The van der Waals surface area contributed by atoms with Gasteiger partial charge in [-0.15, -0.1) is 0 Å². The number of carbonyl (C=O) groups excluding carboxylic acids is 2. The van der Waals surface area contributed by atoms with Crippen molar-refractivity contribution in [3.63, 3.8) is 0 Å². The van der Waals surface area contributed by atoms with Crippen molar-refractivity contribution >= 4 is 11.9 Å². The predicted octanol–water partition coefficient (Wildman–Crippen LogP) is 1.41. The van der Waals surface area contributed by atoms with Gasteiger partial charge in [0.2, 0.25) is 0 Å². The molecule has 1 fully saturated rings. The van der Waals surface area contributed by atoms with Gasteiger partial charge in [-0.3, -0.25) is 10.1 Å². The molecule has 1 heterocycles. The SMILES string of the molecule is CCCC[C@@H](CC)[C@@H]1NC(=O)NC1=O. The topological polar surface area (TPSA) is 58.2 Å². The van der Waals surface area contributed by atoms with Crippen LogP contribution in [0.1, 0.15) is 39.5 Å². The molecule has 1 aliphatic heterocycles. The molecule has 2 N–H and O–H groups in total. The number of hydrogen-bond donors (Lipinski definition) is 2. The maximum absolute atomic E-state index is 11.4. The second kappa shape index (κ2) is 4.98. The summed E-state index contributed by atoms with van der Waals surface area (Å²) in [5.41, 5.74) is 0. The van der Waals surface area contributed by atoms with Gasteiger partial charge in [0, 0.05) is 0 Å².